The molecule has 3 rings (SSSR count). The fraction of sp³-hybridized carbons (Fsp3) is 0.400. The summed E-state index contributed by atoms with van der Waals surface area (Å²) in [4.78, 5) is 4.59. The largest absolute Gasteiger partial charge is 0.248 e. The quantitative estimate of drug-likeness (QED) is 0.821. The van der Waals surface area contributed by atoms with Crippen LogP contribution >= 0.6 is 11.3 Å². The molecular formula is C15H18N2O2S2. The minimum absolute atomic E-state index is 0.129. The van der Waals surface area contributed by atoms with E-state index in [1.165, 1.54) is 11.3 Å². The Balaban J connectivity index is 1.89. The Morgan fingerprint density at radius 2 is 2.00 bits per heavy atom. The van der Waals surface area contributed by atoms with E-state index in [0.29, 0.717) is 11.4 Å². The standard InChI is InChI=1S/C15H18N2O2S2/c1-2-12-3-7-14(8-4-12)21(18,19)17(13-5-6-13)11-15-16-9-10-20-15/h3-4,7-10,13H,2,5-6,11H2,1H3. The number of nitrogens with zero attached hydrogens (tertiary/aromatic N) is 2. The van der Waals surface area contributed by atoms with Crippen molar-refractivity contribution in [1.82, 2.24) is 9.29 Å². The molecule has 1 saturated carbocycles. The first-order valence-corrected chi connectivity index (χ1v) is 9.42. The molecule has 1 aliphatic rings. The van der Waals surface area contributed by atoms with Gasteiger partial charge in [-0.3, -0.25) is 0 Å². The molecule has 1 heterocycles. The molecule has 1 aliphatic carbocycles. The zero-order chi connectivity index (χ0) is 14.9. The lowest BCUT2D eigenvalue weighted by Gasteiger charge is -2.21. The summed E-state index contributed by atoms with van der Waals surface area (Å²) in [5.74, 6) is 0. The third-order valence-corrected chi connectivity index (χ3v) is 6.34. The maximum Gasteiger partial charge on any atom is 0.243 e. The van der Waals surface area contributed by atoms with E-state index in [-0.39, 0.29) is 6.04 Å². The van der Waals surface area contributed by atoms with Crippen molar-refractivity contribution in [2.24, 2.45) is 0 Å². The summed E-state index contributed by atoms with van der Waals surface area (Å²) in [7, 11) is -3.44. The molecule has 0 saturated heterocycles. The number of hydrogen-bond acceptors (Lipinski definition) is 4. The van der Waals surface area contributed by atoms with Gasteiger partial charge in [-0.1, -0.05) is 19.1 Å². The van der Waals surface area contributed by atoms with E-state index in [9.17, 15) is 8.42 Å². The van der Waals surface area contributed by atoms with Crippen LogP contribution in [0.15, 0.2) is 40.7 Å². The summed E-state index contributed by atoms with van der Waals surface area (Å²) < 4.78 is 27.3. The fourth-order valence-corrected chi connectivity index (χ4v) is 4.61. The van der Waals surface area contributed by atoms with Gasteiger partial charge in [-0.2, -0.15) is 4.31 Å². The van der Waals surface area contributed by atoms with Gasteiger partial charge in [0.05, 0.1) is 11.4 Å². The fourth-order valence-electron chi connectivity index (χ4n) is 2.27. The summed E-state index contributed by atoms with van der Waals surface area (Å²) >= 11 is 1.50. The Kier molecular flexibility index (Phi) is 4.10. The van der Waals surface area contributed by atoms with Crippen molar-refractivity contribution in [1.29, 1.82) is 0 Å². The third-order valence-electron chi connectivity index (χ3n) is 3.67. The molecule has 6 heteroatoms. The number of sulfonamides is 1. The highest BCUT2D eigenvalue weighted by Crippen LogP contribution is 2.33. The van der Waals surface area contributed by atoms with Crippen molar-refractivity contribution in [3.63, 3.8) is 0 Å². The Hall–Kier alpha value is -1.24. The Morgan fingerprint density at radius 3 is 2.52 bits per heavy atom. The normalized spacial score (nSPS) is 15.5. The number of benzene rings is 1. The summed E-state index contributed by atoms with van der Waals surface area (Å²) in [6.07, 6.45) is 4.51. The molecule has 1 aromatic carbocycles. The maximum atomic E-state index is 12.8. The molecule has 21 heavy (non-hydrogen) atoms. The maximum absolute atomic E-state index is 12.8. The van der Waals surface area contributed by atoms with Gasteiger partial charge in [-0.15, -0.1) is 11.3 Å². The van der Waals surface area contributed by atoms with Crippen molar-refractivity contribution in [3.05, 3.63) is 46.4 Å². The first-order chi connectivity index (χ1) is 10.1. The van der Waals surface area contributed by atoms with Gasteiger partial charge in [0.2, 0.25) is 10.0 Å². The highest BCUT2D eigenvalue weighted by atomic mass is 32.2. The molecule has 0 N–H and O–H groups in total. The lowest BCUT2D eigenvalue weighted by atomic mass is 10.2. The predicted molar refractivity (Wildman–Crippen MR) is 83.7 cm³/mol. The molecule has 112 valence electrons. The molecule has 1 fully saturated rings. The molecular weight excluding hydrogens is 304 g/mol. The number of aryl methyl sites for hydroxylation is 1. The van der Waals surface area contributed by atoms with E-state index < -0.39 is 10.0 Å². The summed E-state index contributed by atoms with van der Waals surface area (Å²) in [6, 6.07) is 7.34. The van der Waals surface area contributed by atoms with Gasteiger partial charge in [0.25, 0.3) is 0 Å². The van der Waals surface area contributed by atoms with Crippen LogP contribution in [-0.4, -0.2) is 23.7 Å². The molecule has 1 aromatic heterocycles. The van der Waals surface area contributed by atoms with Crippen molar-refractivity contribution in [2.75, 3.05) is 0 Å². The van der Waals surface area contributed by atoms with Crippen LogP contribution in [0.5, 0.6) is 0 Å². The number of thiazole rings is 1. The second-order valence-electron chi connectivity index (χ2n) is 5.20. The van der Waals surface area contributed by atoms with Crippen LogP contribution in [0.2, 0.25) is 0 Å². The smallest absolute Gasteiger partial charge is 0.243 e. The van der Waals surface area contributed by atoms with E-state index >= 15 is 0 Å². The van der Waals surface area contributed by atoms with E-state index in [1.54, 1.807) is 22.6 Å². The van der Waals surface area contributed by atoms with Crippen LogP contribution in [0.3, 0.4) is 0 Å². The number of hydrogen-bond donors (Lipinski definition) is 0. The minimum atomic E-state index is -3.44. The van der Waals surface area contributed by atoms with Crippen LogP contribution in [0.1, 0.15) is 30.3 Å². The number of rotatable bonds is 6. The van der Waals surface area contributed by atoms with Gasteiger partial charge in [0.15, 0.2) is 0 Å². The molecule has 0 unspecified atom stereocenters. The summed E-state index contributed by atoms with van der Waals surface area (Å²) in [5, 5.41) is 2.72. The predicted octanol–water partition coefficient (Wildman–Crippen LogP) is 3.06. The molecule has 0 aliphatic heterocycles. The average molecular weight is 322 g/mol. The lowest BCUT2D eigenvalue weighted by Crippen LogP contribution is -2.32. The zero-order valence-electron chi connectivity index (χ0n) is 11.9. The first kappa shape index (κ1) is 14.7. The summed E-state index contributed by atoms with van der Waals surface area (Å²) in [6.45, 7) is 2.43. The zero-order valence-corrected chi connectivity index (χ0v) is 13.5. The van der Waals surface area contributed by atoms with Gasteiger partial charge in [-0.05, 0) is 37.0 Å². The van der Waals surface area contributed by atoms with Crippen LogP contribution < -0.4 is 0 Å². The monoisotopic (exact) mass is 322 g/mol. The Morgan fingerprint density at radius 1 is 1.29 bits per heavy atom. The second kappa shape index (κ2) is 5.87. The molecule has 0 atom stereocenters. The van der Waals surface area contributed by atoms with Gasteiger partial charge in [0.1, 0.15) is 5.01 Å². The minimum Gasteiger partial charge on any atom is -0.248 e. The molecule has 0 amide bonds. The van der Waals surface area contributed by atoms with E-state index in [1.807, 2.05) is 17.5 Å². The van der Waals surface area contributed by atoms with Crippen LogP contribution in [-0.2, 0) is 23.0 Å². The average Bonchev–Trinajstić information content (AvgIpc) is 3.20. The third kappa shape index (κ3) is 3.17. The Labute approximate surface area is 129 Å². The lowest BCUT2D eigenvalue weighted by molar-refractivity contribution is 0.398. The molecule has 2 aromatic rings. The molecule has 0 spiro atoms. The van der Waals surface area contributed by atoms with Gasteiger partial charge in [0, 0.05) is 17.6 Å². The molecule has 4 nitrogen and oxygen atoms in total. The highest BCUT2D eigenvalue weighted by molar-refractivity contribution is 7.89. The molecule has 0 bridgehead atoms. The van der Waals surface area contributed by atoms with E-state index in [4.69, 9.17) is 0 Å². The SMILES string of the molecule is CCc1ccc(S(=O)(=O)N(Cc2nccs2)C2CC2)cc1. The van der Waals surface area contributed by atoms with Crippen LogP contribution in [0.25, 0.3) is 0 Å². The van der Waals surface area contributed by atoms with Crippen molar-refractivity contribution in [2.45, 2.75) is 43.7 Å². The van der Waals surface area contributed by atoms with Gasteiger partial charge >= 0.3 is 0 Å². The van der Waals surface area contributed by atoms with E-state index in [0.717, 1.165) is 29.8 Å². The van der Waals surface area contributed by atoms with Crippen LogP contribution in [0.4, 0.5) is 0 Å². The van der Waals surface area contributed by atoms with Crippen molar-refractivity contribution < 1.29 is 8.42 Å². The van der Waals surface area contributed by atoms with E-state index in [2.05, 4.69) is 11.9 Å². The second-order valence-corrected chi connectivity index (χ2v) is 8.07. The topological polar surface area (TPSA) is 50.3 Å². The van der Waals surface area contributed by atoms with Gasteiger partial charge in [-0.25, -0.2) is 13.4 Å². The number of aromatic nitrogens is 1. The van der Waals surface area contributed by atoms with Gasteiger partial charge < -0.3 is 0 Å². The Bertz CT molecular complexity index is 690. The van der Waals surface area contributed by atoms with Crippen molar-refractivity contribution >= 4 is 21.4 Å². The summed E-state index contributed by atoms with van der Waals surface area (Å²) in [5.41, 5.74) is 1.15. The van der Waals surface area contributed by atoms with Crippen LogP contribution in [0, 0.1) is 0 Å². The van der Waals surface area contributed by atoms with Crippen molar-refractivity contribution in [3.8, 4) is 0 Å². The first-order valence-electron chi connectivity index (χ1n) is 7.10. The highest BCUT2D eigenvalue weighted by Gasteiger charge is 2.38. The molecule has 0 radical (unpaired) electrons.